The summed E-state index contributed by atoms with van der Waals surface area (Å²) in [4.78, 5) is 12.8. The van der Waals surface area contributed by atoms with Crippen LogP contribution in [0.2, 0.25) is 0 Å². The second-order valence-electron chi connectivity index (χ2n) is 5.35. The van der Waals surface area contributed by atoms with Gasteiger partial charge in [-0.3, -0.25) is 4.79 Å². The van der Waals surface area contributed by atoms with Crippen LogP contribution in [0.5, 0.6) is 5.75 Å². The van der Waals surface area contributed by atoms with E-state index in [0.717, 1.165) is 11.3 Å². The number of benzene rings is 2. The van der Waals surface area contributed by atoms with Crippen LogP contribution in [-0.2, 0) is 4.79 Å². The van der Waals surface area contributed by atoms with Gasteiger partial charge in [-0.05, 0) is 55.0 Å². The number of ether oxygens (including phenoxy) is 1. The van der Waals surface area contributed by atoms with Crippen molar-refractivity contribution in [3.8, 4) is 5.75 Å². The van der Waals surface area contributed by atoms with Crippen LogP contribution in [0.4, 0.5) is 5.69 Å². The van der Waals surface area contributed by atoms with Crippen molar-refractivity contribution in [1.82, 2.24) is 0 Å². The summed E-state index contributed by atoms with van der Waals surface area (Å²) in [7, 11) is 0. The SMILES string of the molecule is CCOc1ccc(NC(=O)C(=Cc2ccco2)c2ccccc2)cc1. The maximum atomic E-state index is 12.8. The molecule has 0 atom stereocenters. The topological polar surface area (TPSA) is 51.5 Å². The van der Waals surface area contributed by atoms with E-state index in [2.05, 4.69) is 5.32 Å². The summed E-state index contributed by atoms with van der Waals surface area (Å²) in [6.45, 7) is 2.54. The van der Waals surface area contributed by atoms with Crippen LogP contribution in [-0.4, -0.2) is 12.5 Å². The van der Waals surface area contributed by atoms with Crippen molar-refractivity contribution in [3.05, 3.63) is 84.3 Å². The second kappa shape index (κ2) is 8.02. The largest absolute Gasteiger partial charge is 0.494 e. The first kappa shape index (κ1) is 16.6. The van der Waals surface area contributed by atoms with Crippen LogP contribution in [0.15, 0.2) is 77.4 Å². The van der Waals surface area contributed by atoms with Crippen LogP contribution < -0.4 is 10.1 Å². The fourth-order valence-corrected chi connectivity index (χ4v) is 2.41. The third-order valence-electron chi connectivity index (χ3n) is 3.58. The summed E-state index contributed by atoms with van der Waals surface area (Å²) >= 11 is 0. The molecule has 0 spiro atoms. The summed E-state index contributed by atoms with van der Waals surface area (Å²) in [5, 5.41) is 2.92. The van der Waals surface area contributed by atoms with Gasteiger partial charge < -0.3 is 14.5 Å². The van der Waals surface area contributed by atoms with Crippen molar-refractivity contribution in [2.45, 2.75) is 6.92 Å². The van der Waals surface area contributed by atoms with Crippen LogP contribution in [0.3, 0.4) is 0 Å². The predicted molar refractivity (Wildman–Crippen MR) is 99.3 cm³/mol. The Kier molecular flexibility index (Phi) is 5.32. The molecule has 0 radical (unpaired) electrons. The summed E-state index contributed by atoms with van der Waals surface area (Å²) in [6, 6.07) is 20.4. The predicted octanol–water partition coefficient (Wildman–Crippen LogP) is 4.86. The fourth-order valence-electron chi connectivity index (χ4n) is 2.41. The van der Waals surface area contributed by atoms with Gasteiger partial charge in [-0.1, -0.05) is 30.3 Å². The molecule has 126 valence electrons. The number of carbonyl (C=O) groups is 1. The standard InChI is InChI=1S/C21H19NO3/c1-2-24-18-12-10-17(11-13-18)22-21(23)20(15-19-9-6-14-25-19)16-7-4-3-5-8-16/h3-15H,2H2,1H3,(H,22,23). The van der Waals surface area contributed by atoms with E-state index in [1.54, 1.807) is 18.4 Å². The van der Waals surface area contributed by atoms with Crippen LogP contribution >= 0.6 is 0 Å². The minimum Gasteiger partial charge on any atom is -0.494 e. The Morgan fingerprint density at radius 2 is 1.80 bits per heavy atom. The highest BCUT2D eigenvalue weighted by Gasteiger charge is 2.13. The molecule has 0 unspecified atom stereocenters. The van der Waals surface area contributed by atoms with Gasteiger partial charge in [-0.15, -0.1) is 0 Å². The van der Waals surface area contributed by atoms with E-state index in [1.165, 1.54) is 0 Å². The zero-order valence-corrected chi connectivity index (χ0v) is 13.9. The van der Waals surface area contributed by atoms with Crippen molar-refractivity contribution >= 4 is 23.2 Å². The number of rotatable bonds is 6. The van der Waals surface area contributed by atoms with Gasteiger partial charge in [0.15, 0.2) is 0 Å². The van der Waals surface area contributed by atoms with Crippen molar-refractivity contribution in [3.63, 3.8) is 0 Å². The van der Waals surface area contributed by atoms with Crippen molar-refractivity contribution in [2.24, 2.45) is 0 Å². The lowest BCUT2D eigenvalue weighted by atomic mass is 10.0. The Morgan fingerprint density at radius 3 is 2.44 bits per heavy atom. The molecule has 25 heavy (non-hydrogen) atoms. The maximum Gasteiger partial charge on any atom is 0.256 e. The second-order valence-corrected chi connectivity index (χ2v) is 5.35. The number of amides is 1. The molecular weight excluding hydrogens is 314 g/mol. The Morgan fingerprint density at radius 1 is 1.04 bits per heavy atom. The quantitative estimate of drug-likeness (QED) is 0.656. The highest BCUT2D eigenvalue weighted by atomic mass is 16.5. The van der Waals surface area contributed by atoms with Crippen molar-refractivity contribution in [2.75, 3.05) is 11.9 Å². The number of hydrogen-bond acceptors (Lipinski definition) is 3. The average molecular weight is 333 g/mol. The molecule has 2 aromatic carbocycles. The van der Waals surface area contributed by atoms with Crippen molar-refractivity contribution in [1.29, 1.82) is 0 Å². The van der Waals surface area contributed by atoms with Gasteiger partial charge in [0.05, 0.1) is 18.4 Å². The van der Waals surface area contributed by atoms with Gasteiger partial charge in [0.1, 0.15) is 11.5 Å². The van der Waals surface area contributed by atoms with E-state index in [1.807, 2.05) is 67.6 Å². The van der Waals surface area contributed by atoms with E-state index in [0.29, 0.717) is 23.6 Å². The molecule has 0 fully saturated rings. The Hall–Kier alpha value is -3.27. The molecule has 4 heteroatoms. The zero-order chi connectivity index (χ0) is 17.5. The van der Waals surface area contributed by atoms with E-state index in [4.69, 9.17) is 9.15 Å². The third-order valence-corrected chi connectivity index (χ3v) is 3.58. The van der Waals surface area contributed by atoms with Crippen LogP contribution in [0.1, 0.15) is 18.2 Å². The lowest BCUT2D eigenvalue weighted by Crippen LogP contribution is -2.13. The third kappa shape index (κ3) is 4.38. The van der Waals surface area contributed by atoms with Gasteiger partial charge in [0, 0.05) is 5.69 Å². The van der Waals surface area contributed by atoms with Crippen LogP contribution in [0.25, 0.3) is 11.6 Å². The summed E-state index contributed by atoms with van der Waals surface area (Å²) < 4.78 is 10.8. The van der Waals surface area contributed by atoms with E-state index in [9.17, 15) is 4.79 Å². The Balaban J connectivity index is 1.84. The summed E-state index contributed by atoms with van der Waals surface area (Å²) in [6.07, 6.45) is 3.32. The molecule has 0 aliphatic heterocycles. The van der Waals surface area contributed by atoms with Gasteiger partial charge in [-0.2, -0.15) is 0 Å². The first-order chi connectivity index (χ1) is 12.3. The number of hydrogen-bond donors (Lipinski definition) is 1. The molecule has 1 heterocycles. The molecule has 0 saturated carbocycles. The smallest absolute Gasteiger partial charge is 0.256 e. The number of carbonyl (C=O) groups excluding carboxylic acids is 1. The summed E-state index contributed by atoms with van der Waals surface area (Å²) in [5.74, 6) is 1.20. The molecule has 1 amide bonds. The molecule has 1 N–H and O–H groups in total. The molecule has 3 rings (SSSR count). The highest BCUT2D eigenvalue weighted by Crippen LogP contribution is 2.22. The Bertz CT molecular complexity index is 835. The molecular formula is C21H19NO3. The van der Waals surface area contributed by atoms with E-state index in [-0.39, 0.29) is 5.91 Å². The van der Waals surface area contributed by atoms with Gasteiger partial charge >= 0.3 is 0 Å². The zero-order valence-electron chi connectivity index (χ0n) is 13.9. The fraction of sp³-hybridized carbons (Fsp3) is 0.0952. The van der Waals surface area contributed by atoms with Gasteiger partial charge in [0.25, 0.3) is 5.91 Å². The molecule has 0 bridgehead atoms. The molecule has 0 aliphatic rings. The van der Waals surface area contributed by atoms with Crippen LogP contribution in [0, 0.1) is 0 Å². The normalized spacial score (nSPS) is 11.2. The summed E-state index contributed by atoms with van der Waals surface area (Å²) in [5.41, 5.74) is 2.06. The Labute approximate surface area is 146 Å². The minimum absolute atomic E-state index is 0.202. The molecule has 1 aromatic heterocycles. The van der Waals surface area contributed by atoms with Gasteiger partial charge in [0.2, 0.25) is 0 Å². The molecule has 3 aromatic rings. The lowest BCUT2D eigenvalue weighted by molar-refractivity contribution is -0.111. The highest BCUT2D eigenvalue weighted by molar-refractivity contribution is 6.29. The molecule has 0 saturated heterocycles. The van der Waals surface area contributed by atoms with Crippen molar-refractivity contribution < 1.29 is 13.9 Å². The molecule has 0 aliphatic carbocycles. The maximum absolute atomic E-state index is 12.8. The lowest BCUT2D eigenvalue weighted by Gasteiger charge is -2.10. The number of nitrogens with one attached hydrogen (secondary N) is 1. The number of anilines is 1. The van der Waals surface area contributed by atoms with E-state index >= 15 is 0 Å². The molecule has 4 nitrogen and oxygen atoms in total. The first-order valence-electron chi connectivity index (χ1n) is 8.11. The number of furan rings is 1. The van der Waals surface area contributed by atoms with Gasteiger partial charge in [-0.25, -0.2) is 0 Å². The average Bonchev–Trinajstić information content (AvgIpc) is 3.15. The monoisotopic (exact) mass is 333 g/mol. The van der Waals surface area contributed by atoms with E-state index < -0.39 is 0 Å². The first-order valence-corrected chi connectivity index (χ1v) is 8.11. The minimum atomic E-state index is -0.202.